The van der Waals surface area contributed by atoms with Crippen LogP contribution in [-0.4, -0.2) is 59.4 Å². The fourth-order valence-corrected chi connectivity index (χ4v) is 8.65. The van der Waals surface area contributed by atoms with Gasteiger partial charge >= 0.3 is 11.9 Å². The number of H-pyrrole nitrogens is 2. The molecule has 2 saturated carbocycles. The SMILES string of the molecule is CCOCc1cc(NC2CCCC2)c2[nH]c(-c3ccccc3)c(/C=C(\C)C(=O)O)c2c1.CCOCc1cc(NC2CCCC2)c2[nH]c(-c3ccccc3)c(/C=C/C(=O)OC)c2c1. The summed E-state index contributed by atoms with van der Waals surface area (Å²) in [4.78, 5) is 30.7. The summed E-state index contributed by atoms with van der Waals surface area (Å²) in [5.74, 6) is -1.29. The van der Waals surface area contributed by atoms with Gasteiger partial charge in [-0.3, -0.25) is 0 Å². The highest BCUT2D eigenvalue weighted by Crippen LogP contribution is 2.39. The van der Waals surface area contributed by atoms with Gasteiger partial charge in [0.1, 0.15) is 0 Å². The summed E-state index contributed by atoms with van der Waals surface area (Å²) in [7, 11) is 1.39. The molecule has 2 aliphatic rings. The first-order valence-corrected chi connectivity index (χ1v) is 22.1. The van der Waals surface area contributed by atoms with E-state index in [9.17, 15) is 14.7 Å². The summed E-state index contributed by atoms with van der Waals surface area (Å²) >= 11 is 0. The first-order valence-electron chi connectivity index (χ1n) is 22.1. The summed E-state index contributed by atoms with van der Waals surface area (Å²) in [5, 5.41) is 19.1. The molecule has 2 aromatic heterocycles. The number of hydrogen-bond donors (Lipinski definition) is 5. The van der Waals surface area contributed by atoms with Crippen LogP contribution in [0, 0.1) is 0 Å². The Labute approximate surface area is 364 Å². The Kier molecular flexibility index (Phi) is 15.0. The number of rotatable bonds is 16. The van der Waals surface area contributed by atoms with E-state index in [2.05, 4.69) is 57.0 Å². The van der Waals surface area contributed by atoms with Crippen molar-refractivity contribution in [2.24, 2.45) is 0 Å². The molecule has 0 unspecified atom stereocenters. The number of carbonyl (C=O) groups excluding carboxylic acids is 1. The van der Waals surface area contributed by atoms with Crippen molar-refractivity contribution >= 4 is 57.3 Å². The zero-order valence-corrected chi connectivity index (χ0v) is 36.4. The molecule has 0 bridgehead atoms. The minimum atomic E-state index is -0.914. The quantitative estimate of drug-likeness (QED) is 0.0480. The van der Waals surface area contributed by atoms with Crippen molar-refractivity contribution in [2.75, 3.05) is 31.0 Å². The number of aliphatic carboxylic acids is 1. The third kappa shape index (κ3) is 10.7. The van der Waals surface area contributed by atoms with Crippen LogP contribution in [0.2, 0.25) is 0 Å². The standard InChI is InChI=1S/2C26H30N2O3/c1-3-31-16-18-14-22-21(13-17(2)26(29)30)24(19-9-5-4-6-10-19)28-25(22)23(15-18)27-20-11-7-8-12-20;1-3-31-17-18-15-22-21(13-14-24(29)30-2)25(19-9-5-4-6-10-19)28-26(22)23(16-18)27-20-11-7-8-12-20/h4-6,9-10,13-15,20,27-28H,3,7-8,11-12,16H2,1-2H3,(H,29,30);4-6,9-10,13-16,20,27-28H,3,7-8,11-12,17H2,1-2H3/b17-13+;14-13+. The van der Waals surface area contributed by atoms with E-state index in [-0.39, 0.29) is 5.97 Å². The van der Waals surface area contributed by atoms with Gasteiger partial charge < -0.3 is 39.9 Å². The fraction of sp³-hybridized carbons (Fsp3) is 0.346. The average molecular weight is 837 g/mol. The van der Waals surface area contributed by atoms with Gasteiger partial charge in [0, 0.05) is 58.8 Å². The lowest BCUT2D eigenvalue weighted by molar-refractivity contribution is -0.135. The van der Waals surface area contributed by atoms with E-state index < -0.39 is 5.97 Å². The lowest BCUT2D eigenvalue weighted by atomic mass is 10.0. The molecule has 0 saturated heterocycles. The summed E-state index contributed by atoms with van der Waals surface area (Å²) in [6.45, 7) is 8.03. The molecule has 2 aliphatic carbocycles. The predicted molar refractivity (Wildman–Crippen MR) is 252 cm³/mol. The molecule has 8 rings (SSSR count). The molecule has 10 nitrogen and oxygen atoms in total. The Morgan fingerprint density at radius 1 is 0.694 bits per heavy atom. The van der Waals surface area contributed by atoms with E-state index in [1.165, 1.54) is 64.6 Å². The number of nitrogens with one attached hydrogen (secondary N) is 4. The Morgan fingerprint density at radius 2 is 1.15 bits per heavy atom. The maximum Gasteiger partial charge on any atom is 0.331 e. The lowest BCUT2D eigenvalue weighted by Gasteiger charge is -2.16. The smallest absolute Gasteiger partial charge is 0.331 e. The first kappa shape index (κ1) is 44.0. The van der Waals surface area contributed by atoms with Crippen LogP contribution in [0.1, 0.15) is 94.4 Å². The number of fused-ring (bicyclic) bond motifs is 2. The molecular formula is C52H60N4O6. The van der Waals surface area contributed by atoms with Crippen LogP contribution < -0.4 is 10.6 Å². The molecule has 324 valence electrons. The minimum Gasteiger partial charge on any atom is -0.478 e. The second-order valence-electron chi connectivity index (χ2n) is 16.2. The third-order valence-electron chi connectivity index (χ3n) is 11.8. The highest BCUT2D eigenvalue weighted by atomic mass is 16.5. The average Bonchev–Trinajstić information content (AvgIpc) is 4.13. The van der Waals surface area contributed by atoms with Gasteiger partial charge in [0.2, 0.25) is 0 Å². The van der Waals surface area contributed by atoms with Crippen LogP contribution in [0.3, 0.4) is 0 Å². The van der Waals surface area contributed by atoms with E-state index in [0.29, 0.717) is 44.1 Å². The van der Waals surface area contributed by atoms with E-state index in [1.54, 1.807) is 13.0 Å². The van der Waals surface area contributed by atoms with E-state index in [4.69, 9.17) is 14.2 Å². The number of carboxylic acid groups (broad SMARTS) is 1. The molecule has 6 aromatic rings. The van der Waals surface area contributed by atoms with Gasteiger partial charge in [-0.1, -0.05) is 86.3 Å². The van der Waals surface area contributed by atoms with Crippen molar-refractivity contribution in [3.8, 4) is 22.5 Å². The number of carboxylic acids is 1. The second-order valence-corrected chi connectivity index (χ2v) is 16.2. The van der Waals surface area contributed by atoms with Gasteiger partial charge in [-0.05, 0) is 105 Å². The molecule has 0 radical (unpaired) electrons. The zero-order valence-electron chi connectivity index (χ0n) is 36.4. The van der Waals surface area contributed by atoms with Crippen LogP contribution in [0.4, 0.5) is 11.4 Å². The number of esters is 1. The van der Waals surface area contributed by atoms with Crippen molar-refractivity contribution in [2.45, 2.75) is 97.4 Å². The van der Waals surface area contributed by atoms with E-state index in [0.717, 1.165) is 77.9 Å². The summed E-state index contributed by atoms with van der Waals surface area (Å²) in [6, 6.07) is 29.8. The Balaban J connectivity index is 0.000000186. The number of carbonyl (C=O) groups is 2. The Morgan fingerprint density at radius 3 is 1.58 bits per heavy atom. The summed E-state index contributed by atoms with van der Waals surface area (Å²) < 4.78 is 16.2. The Hall–Kier alpha value is -6.10. The molecule has 0 atom stereocenters. The topological polar surface area (TPSA) is 138 Å². The first-order chi connectivity index (χ1) is 30.3. The third-order valence-corrected chi connectivity index (χ3v) is 11.8. The molecule has 4 aromatic carbocycles. The number of aromatic nitrogens is 2. The highest BCUT2D eigenvalue weighted by molar-refractivity contribution is 6.06. The number of ether oxygens (including phenoxy) is 3. The zero-order chi connectivity index (χ0) is 43.4. The minimum absolute atomic E-state index is 0.304. The molecule has 62 heavy (non-hydrogen) atoms. The molecular weight excluding hydrogens is 777 g/mol. The van der Waals surface area contributed by atoms with Crippen molar-refractivity contribution < 1.29 is 28.9 Å². The molecule has 0 aliphatic heterocycles. The molecule has 2 heterocycles. The van der Waals surface area contributed by atoms with Gasteiger partial charge in [-0.25, -0.2) is 9.59 Å². The normalized spacial score (nSPS) is 14.7. The van der Waals surface area contributed by atoms with Crippen molar-refractivity contribution in [3.05, 3.63) is 119 Å². The van der Waals surface area contributed by atoms with Gasteiger partial charge in [0.05, 0.1) is 54.1 Å². The molecule has 5 N–H and O–H groups in total. The van der Waals surface area contributed by atoms with Gasteiger partial charge in [0.25, 0.3) is 0 Å². The molecule has 10 heteroatoms. The largest absolute Gasteiger partial charge is 0.478 e. The van der Waals surface area contributed by atoms with E-state index >= 15 is 0 Å². The molecule has 0 spiro atoms. The van der Waals surface area contributed by atoms with Gasteiger partial charge in [-0.2, -0.15) is 0 Å². The fourth-order valence-electron chi connectivity index (χ4n) is 8.65. The highest BCUT2D eigenvalue weighted by Gasteiger charge is 2.22. The number of anilines is 2. The second kappa shape index (κ2) is 21.1. The summed E-state index contributed by atoms with van der Waals surface area (Å²) in [5.41, 5.74) is 12.6. The monoisotopic (exact) mass is 836 g/mol. The Bertz CT molecular complexity index is 2500. The van der Waals surface area contributed by atoms with Crippen LogP contribution >= 0.6 is 0 Å². The van der Waals surface area contributed by atoms with Crippen LogP contribution in [0.25, 0.3) is 56.5 Å². The lowest BCUT2D eigenvalue weighted by Crippen LogP contribution is -2.15. The molecule has 2 fully saturated rings. The van der Waals surface area contributed by atoms with Crippen molar-refractivity contribution in [3.63, 3.8) is 0 Å². The van der Waals surface area contributed by atoms with Gasteiger partial charge in [-0.15, -0.1) is 0 Å². The maximum absolute atomic E-state index is 11.8. The molecule has 0 amide bonds. The number of methoxy groups -OCH3 is 1. The van der Waals surface area contributed by atoms with Crippen LogP contribution in [-0.2, 0) is 37.0 Å². The predicted octanol–water partition coefficient (Wildman–Crippen LogP) is 12.1. The number of hydrogen-bond acceptors (Lipinski definition) is 7. The van der Waals surface area contributed by atoms with Crippen molar-refractivity contribution in [1.82, 2.24) is 9.97 Å². The van der Waals surface area contributed by atoms with Crippen molar-refractivity contribution in [1.29, 1.82) is 0 Å². The van der Waals surface area contributed by atoms with Crippen LogP contribution in [0.5, 0.6) is 0 Å². The number of benzene rings is 4. The van der Waals surface area contributed by atoms with E-state index in [1.807, 2.05) is 68.5 Å². The number of aromatic amines is 2. The van der Waals surface area contributed by atoms with Crippen LogP contribution in [0.15, 0.2) is 96.6 Å². The van der Waals surface area contributed by atoms with Gasteiger partial charge in [0.15, 0.2) is 0 Å². The maximum atomic E-state index is 11.8. The summed E-state index contributed by atoms with van der Waals surface area (Å²) in [6.07, 6.45) is 14.9.